The van der Waals surface area contributed by atoms with Crippen LogP contribution in [0.3, 0.4) is 0 Å². The summed E-state index contributed by atoms with van der Waals surface area (Å²) >= 11 is 1.15. The number of benzene rings is 1. The molecule has 3 aromatic rings. The molecule has 0 radical (unpaired) electrons. The number of hydrogen-bond donors (Lipinski definition) is 2. The van der Waals surface area contributed by atoms with Crippen LogP contribution in [0.25, 0.3) is 0 Å². The number of hydrazine groups is 1. The molecule has 3 rings (SSSR count). The Morgan fingerprint density at radius 3 is 2.68 bits per heavy atom. The average Bonchev–Trinajstić information content (AvgIpc) is 3.37. The Kier molecular flexibility index (Phi) is 6.01. The molecular weight excluding hydrogens is 388 g/mol. The molecule has 0 saturated carbocycles. The van der Waals surface area contributed by atoms with Crippen LogP contribution in [0.2, 0.25) is 0 Å². The predicted molar refractivity (Wildman–Crippen MR) is 97.3 cm³/mol. The number of hydrogen-bond acceptors (Lipinski definition) is 8. The number of furan rings is 1. The minimum absolute atomic E-state index is 0.00259. The number of rotatable bonds is 7. The first-order valence-electron chi connectivity index (χ1n) is 7.89. The lowest BCUT2D eigenvalue weighted by Gasteiger charge is -2.07. The fourth-order valence-corrected chi connectivity index (χ4v) is 2.85. The van der Waals surface area contributed by atoms with Crippen LogP contribution in [0.5, 0.6) is 0 Å². The Labute approximate surface area is 162 Å². The van der Waals surface area contributed by atoms with Crippen LogP contribution in [0.4, 0.5) is 5.69 Å². The maximum atomic E-state index is 12.0. The van der Waals surface area contributed by atoms with Gasteiger partial charge in [0.15, 0.2) is 5.16 Å². The largest absolute Gasteiger partial charge is 0.467 e. The summed E-state index contributed by atoms with van der Waals surface area (Å²) in [5.41, 5.74) is 4.57. The Hall–Kier alpha value is -3.67. The summed E-state index contributed by atoms with van der Waals surface area (Å²) < 4.78 is 6.99. The van der Waals surface area contributed by atoms with E-state index in [0.29, 0.717) is 11.7 Å². The molecule has 0 bridgehead atoms. The number of thioether (sulfide) groups is 1. The third-order valence-electron chi connectivity index (χ3n) is 3.47. The van der Waals surface area contributed by atoms with Crippen molar-refractivity contribution in [1.29, 1.82) is 0 Å². The lowest BCUT2D eigenvalue weighted by Crippen LogP contribution is -2.42. The van der Waals surface area contributed by atoms with Gasteiger partial charge in [-0.25, -0.2) is 0 Å². The highest BCUT2D eigenvalue weighted by Crippen LogP contribution is 2.16. The van der Waals surface area contributed by atoms with Crippen molar-refractivity contribution < 1.29 is 18.9 Å². The molecule has 0 aliphatic rings. The van der Waals surface area contributed by atoms with Gasteiger partial charge in [0.1, 0.15) is 12.1 Å². The van der Waals surface area contributed by atoms with Crippen molar-refractivity contribution in [3.05, 3.63) is 70.4 Å². The van der Waals surface area contributed by atoms with Crippen molar-refractivity contribution in [3.8, 4) is 0 Å². The second kappa shape index (κ2) is 8.81. The lowest BCUT2D eigenvalue weighted by atomic mass is 10.2. The molecule has 1 aromatic carbocycles. The first kappa shape index (κ1) is 19.1. The van der Waals surface area contributed by atoms with E-state index in [1.54, 1.807) is 16.9 Å². The fraction of sp³-hybridized carbons (Fsp3) is 0.125. The van der Waals surface area contributed by atoms with Crippen molar-refractivity contribution >= 4 is 29.3 Å². The molecule has 0 saturated heterocycles. The second-order valence-electron chi connectivity index (χ2n) is 5.42. The number of amides is 2. The molecule has 11 nitrogen and oxygen atoms in total. The molecule has 144 valence electrons. The van der Waals surface area contributed by atoms with E-state index in [2.05, 4.69) is 21.0 Å². The van der Waals surface area contributed by atoms with Crippen LogP contribution in [-0.2, 0) is 11.3 Å². The smallest absolute Gasteiger partial charge is 0.269 e. The van der Waals surface area contributed by atoms with Crippen molar-refractivity contribution in [3.63, 3.8) is 0 Å². The van der Waals surface area contributed by atoms with Gasteiger partial charge in [0, 0.05) is 17.7 Å². The normalized spacial score (nSPS) is 10.4. The van der Waals surface area contributed by atoms with Gasteiger partial charge in [-0.1, -0.05) is 11.8 Å². The number of carbonyl (C=O) groups excluding carboxylic acids is 2. The van der Waals surface area contributed by atoms with E-state index in [4.69, 9.17) is 4.42 Å². The Morgan fingerprint density at radius 2 is 2.00 bits per heavy atom. The van der Waals surface area contributed by atoms with Gasteiger partial charge in [-0.15, -0.1) is 10.2 Å². The monoisotopic (exact) mass is 402 g/mol. The number of non-ortho nitro benzene ring substituents is 1. The zero-order chi connectivity index (χ0) is 19.9. The molecular formula is C16H14N6O5S. The van der Waals surface area contributed by atoms with Crippen molar-refractivity contribution in [2.45, 2.75) is 11.7 Å². The molecule has 12 heteroatoms. The molecule has 0 atom stereocenters. The van der Waals surface area contributed by atoms with Crippen LogP contribution in [0.1, 0.15) is 16.1 Å². The number of aromatic nitrogens is 3. The lowest BCUT2D eigenvalue weighted by molar-refractivity contribution is -0.384. The maximum absolute atomic E-state index is 12.0. The van der Waals surface area contributed by atoms with Gasteiger partial charge in [0.05, 0.1) is 23.5 Å². The van der Waals surface area contributed by atoms with Gasteiger partial charge in [0.2, 0.25) is 5.91 Å². The third kappa shape index (κ3) is 4.94. The Balaban J connectivity index is 1.46. The molecule has 0 aliphatic carbocycles. The molecule has 2 heterocycles. The number of nitro groups is 1. The van der Waals surface area contributed by atoms with Gasteiger partial charge in [-0.05, 0) is 24.3 Å². The van der Waals surface area contributed by atoms with E-state index in [1.165, 1.54) is 30.6 Å². The number of nitro benzene ring substituents is 1. The minimum atomic E-state index is -0.589. The molecule has 28 heavy (non-hydrogen) atoms. The van der Waals surface area contributed by atoms with Crippen LogP contribution in [0, 0.1) is 10.1 Å². The number of nitrogens with one attached hydrogen (secondary N) is 2. The molecule has 2 amide bonds. The molecule has 0 fully saturated rings. The molecule has 2 aromatic heterocycles. The molecule has 0 unspecified atom stereocenters. The van der Waals surface area contributed by atoms with Gasteiger partial charge < -0.3 is 8.98 Å². The maximum Gasteiger partial charge on any atom is 0.269 e. The van der Waals surface area contributed by atoms with Crippen LogP contribution in [-0.4, -0.2) is 37.3 Å². The Morgan fingerprint density at radius 1 is 1.21 bits per heavy atom. The van der Waals surface area contributed by atoms with Gasteiger partial charge >= 0.3 is 0 Å². The summed E-state index contributed by atoms with van der Waals surface area (Å²) in [5.74, 6) is -0.319. The number of nitrogens with zero attached hydrogens (tertiary/aromatic N) is 4. The highest BCUT2D eigenvalue weighted by molar-refractivity contribution is 7.99. The first-order valence-corrected chi connectivity index (χ1v) is 8.88. The Bertz CT molecular complexity index is 970. The molecule has 0 spiro atoms. The summed E-state index contributed by atoms with van der Waals surface area (Å²) in [5, 5.41) is 18.9. The standard InChI is InChI=1S/C16H14N6O5S/c23-14(18-19-15(24)11-3-5-12(6-4-11)22(25)26)9-28-16-20-17-10-21(16)8-13-2-1-7-27-13/h1-7,10H,8-9H2,(H,18,23)(H,19,24). The summed E-state index contributed by atoms with van der Waals surface area (Å²) in [7, 11) is 0. The molecule has 2 N–H and O–H groups in total. The van der Waals surface area contributed by atoms with E-state index in [1.807, 2.05) is 6.07 Å². The van der Waals surface area contributed by atoms with Crippen molar-refractivity contribution in [2.24, 2.45) is 0 Å². The van der Waals surface area contributed by atoms with E-state index in [9.17, 15) is 19.7 Å². The third-order valence-corrected chi connectivity index (χ3v) is 4.46. The minimum Gasteiger partial charge on any atom is -0.467 e. The summed E-state index contributed by atoms with van der Waals surface area (Å²) in [4.78, 5) is 33.9. The SMILES string of the molecule is O=C(CSc1nncn1Cc1ccco1)NNC(=O)c1ccc([N+](=O)[O-])cc1. The average molecular weight is 402 g/mol. The molecule has 0 aliphatic heterocycles. The quantitative estimate of drug-likeness (QED) is 0.342. The van der Waals surface area contributed by atoms with Gasteiger partial charge in [0.25, 0.3) is 11.6 Å². The predicted octanol–water partition coefficient (Wildman–Crippen LogP) is 1.38. The van der Waals surface area contributed by atoms with Gasteiger partial charge in [-0.2, -0.15) is 0 Å². The first-order chi connectivity index (χ1) is 13.5. The summed E-state index contributed by atoms with van der Waals surface area (Å²) in [6.45, 7) is 0.431. The van der Waals surface area contributed by atoms with Crippen molar-refractivity contribution in [1.82, 2.24) is 25.6 Å². The highest BCUT2D eigenvalue weighted by Gasteiger charge is 2.12. The van der Waals surface area contributed by atoms with Crippen LogP contribution < -0.4 is 10.9 Å². The van der Waals surface area contributed by atoms with E-state index in [0.717, 1.165) is 17.5 Å². The zero-order valence-electron chi connectivity index (χ0n) is 14.3. The van der Waals surface area contributed by atoms with E-state index >= 15 is 0 Å². The van der Waals surface area contributed by atoms with Gasteiger partial charge in [-0.3, -0.25) is 30.6 Å². The van der Waals surface area contributed by atoms with Crippen LogP contribution >= 0.6 is 11.8 Å². The van der Waals surface area contributed by atoms with E-state index < -0.39 is 16.7 Å². The van der Waals surface area contributed by atoms with Crippen molar-refractivity contribution in [2.75, 3.05) is 5.75 Å². The number of carbonyl (C=O) groups is 2. The topological polar surface area (TPSA) is 145 Å². The zero-order valence-corrected chi connectivity index (χ0v) is 15.1. The summed E-state index contributed by atoms with van der Waals surface area (Å²) in [6.07, 6.45) is 3.09. The second-order valence-corrected chi connectivity index (χ2v) is 6.36. The highest BCUT2D eigenvalue weighted by atomic mass is 32.2. The van der Waals surface area contributed by atoms with Crippen LogP contribution in [0.15, 0.2) is 58.6 Å². The fourth-order valence-electron chi connectivity index (χ4n) is 2.13. The van der Waals surface area contributed by atoms with E-state index in [-0.39, 0.29) is 17.0 Å². The summed E-state index contributed by atoms with van der Waals surface area (Å²) in [6, 6.07) is 8.59.